The van der Waals surface area contributed by atoms with Gasteiger partial charge in [-0.05, 0) is 37.1 Å². The zero-order chi connectivity index (χ0) is 19.1. The molecule has 0 atom stereocenters. The quantitative estimate of drug-likeness (QED) is 0.702. The van der Waals surface area contributed by atoms with E-state index in [1.54, 1.807) is 18.0 Å². The van der Waals surface area contributed by atoms with Crippen LogP contribution in [0.2, 0.25) is 0 Å². The number of carbonyl (C=O) groups is 1. The van der Waals surface area contributed by atoms with Crippen LogP contribution in [0.3, 0.4) is 0 Å². The molecule has 7 heteroatoms. The summed E-state index contributed by atoms with van der Waals surface area (Å²) in [6.07, 6.45) is 4.14. The Labute approximate surface area is 163 Å². The second-order valence-electron chi connectivity index (χ2n) is 7.12. The van der Waals surface area contributed by atoms with Crippen LogP contribution >= 0.6 is 0 Å². The van der Waals surface area contributed by atoms with Gasteiger partial charge in [-0.1, -0.05) is 23.4 Å². The number of ether oxygens (including phenoxy) is 1. The zero-order valence-electron chi connectivity index (χ0n) is 15.7. The van der Waals surface area contributed by atoms with E-state index >= 15 is 0 Å². The smallest absolute Gasteiger partial charge is 0.280 e. The number of anilines is 2. The van der Waals surface area contributed by atoms with Crippen molar-refractivity contribution in [3.8, 4) is 11.4 Å². The summed E-state index contributed by atoms with van der Waals surface area (Å²) in [4.78, 5) is 17.4. The average Bonchev–Trinajstić information content (AvgIpc) is 3.48. The van der Waals surface area contributed by atoms with Gasteiger partial charge in [-0.25, -0.2) is 4.68 Å². The van der Waals surface area contributed by atoms with Gasteiger partial charge in [-0.15, -0.1) is 5.10 Å². The van der Waals surface area contributed by atoms with E-state index in [1.165, 1.54) is 12.8 Å². The molecular formula is C21H21N5O2. The van der Waals surface area contributed by atoms with Crippen LogP contribution in [0.4, 0.5) is 11.4 Å². The van der Waals surface area contributed by atoms with E-state index in [0.29, 0.717) is 18.3 Å². The molecule has 0 bridgehead atoms. The molecule has 1 aromatic heterocycles. The summed E-state index contributed by atoms with van der Waals surface area (Å²) in [7, 11) is 1.62. The molecule has 0 saturated heterocycles. The van der Waals surface area contributed by atoms with Gasteiger partial charge in [-0.2, -0.15) is 0 Å². The van der Waals surface area contributed by atoms with E-state index in [0.717, 1.165) is 29.4 Å². The van der Waals surface area contributed by atoms with E-state index in [2.05, 4.69) is 21.3 Å². The van der Waals surface area contributed by atoms with Gasteiger partial charge >= 0.3 is 0 Å². The number of para-hydroxylation sites is 2. The lowest BCUT2D eigenvalue weighted by Crippen LogP contribution is -2.45. The standard InChI is InChI=1S/C21H21N5O2/c1-28-17-6-4-5-16(13-17)26-14-18(22-23-26)21(27)25-12-11-24(15-9-10-15)19-7-2-3-8-20(19)25/h2-8,13-15H,9-12H2,1H3. The zero-order valence-corrected chi connectivity index (χ0v) is 15.7. The molecule has 2 aliphatic rings. The molecule has 1 aliphatic heterocycles. The van der Waals surface area contributed by atoms with E-state index in [9.17, 15) is 4.79 Å². The largest absolute Gasteiger partial charge is 0.497 e. The lowest BCUT2D eigenvalue weighted by Gasteiger charge is -2.37. The minimum atomic E-state index is -0.128. The van der Waals surface area contributed by atoms with Gasteiger partial charge in [0.05, 0.1) is 30.4 Å². The van der Waals surface area contributed by atoms with Crippen LogP contribution in [0, 0.1) is 0 Å². The van der Waals surface area contributed by atoms with Crippen LogP contribution in [0.1, 0.15) is 23.3 Å². The number of carbonyl (C=O) groups excluding carboxylic acids is 1. The summed E-state index contributed by atoms with van der Waals surface area (Å²) in [6.45, 7) is 1.50. The Morgan fingerprint density at radius 3 is 2.68 bits per heavy atom. The second kappa shape index (κ2) is 6.67. The molecule has 0 N–H and O–H groups in total. The predicted octanol–water partition coefficient (Wildman–Crippen LogP) is 2.91. The lowest BCUT2D eigenvalue weighted by atomic mass is 10.1. The SMILES string of the molecule is COc1cccc(-n2cc(C(=O)N3CCN(C4CC4)c4ccccc43)nn2)c1. The first-order chi connectivity index (χ1) is 13.7. The summed E-state index contributed by atoms with van der Waals surface area (Å²) in [5, 5.41) is 8.27. The van der Waals surface area contributed by atoms with Gasteiger partial charge in [0.15, 0.2) is 5.69 Å². The van der Waals surface area contributed by atoms with Crippen molar-refractivity contribution in [1.82, 2.24) is 15.0 Å². The Balaban J connectivity index is 1.44. The number of amides is 1. The fourth-order valence-corrected chi connectivity index (χ4v) is 3.74. The number of methoxy groups -OCH3 is 1. The average molecular weight is 375 g/mol. The Morgan fingerprint density at radius 2 is 1.89 bits per heavy atom. The molecule has 142 valence electrons. The molecule has 0 radical (unpaired) electrons. The van der Waals surface area contributed by atoms with E-state index in [4.69, 9.17) is 4.74 Å². The first kappa shape index (κ1) is 16.8. The van der Waals surface area contributed by atoms with Crippen molar-refractivity contribution in [2.24, 2.45) is 0 Å². The van der Waals surface area contributed by atoms with Gasteiger partial charge in [0, 0.05) is 25.2 Å². The van der Waals surface area contributed by atoms with Crippen molar-refractivity contribution >= 4 is 17.3 Å². The maximum atomic E-state index is 13.2. The van der Waals surface area contributed by atoms with E-state index in [-0.39, 0.29) is 5.91 Å². The van der Waals surface area contributed by atoms with Crippen molar-refractivity contribution in [3.63, 3.8) is 0 Å². The number of hydrogen-bond acceptors (Lipinski definition) is 5. The third kappa shape index (κ3) is 2.89. The highest BCUT2D eigenvalue weighted by molar-refractivity contribution is 6.07. The van der Waals surface area contributed by atoms with Crippen molar-refractivity contribution < 1.29 is 9.53 Å². The maximum Gasteiger partial charge on any atom is 0.280 e. The summed E-state index contributed by atoms with van der Waals surface area (Å²) in [6, 6.07) is 16.2. The summed E-state index contributed by atoms with van der Waals surface area (Å²) in [5.41, 5.74) is 3.20. The number of nitrogens with zero attached hydrogens (tertiary/aromatic N) is 5. The van der Waals surface area contributed by atoms with Gasteiger partial charge in [0.25, 0.3) is 5.91 Å². The van der Waals surface area contributed by atoms with Crippen LogP contribution in [0.5, 0.6) is 5.75 Å². The number of benzene rings is 2. The summed E-state index contributed by atoms with van der Waals surface area (Å²) < 4.78 is 6.86. The van der Waals surface area contributed by atoms with Crippen LogP contribution in [0.25, 0.3) is 5.69 Å². The normalized spacial score (nSPS) is 16.0. The molecule has 0 unspecified atom stereocenters. The predicted molar refractivity (Wildman–Crippen MR) is 106 cm³/mol. The Morgan fingerprint density at radius 1 is 1.07 bits per heavy atom. The van der Waals surface area contributed by atoms with E-state index < -0.39 is 0 Å². The van der Waals surface area contributed by atoms with Crippen LogP contribution in [-0.4, -0.2) is 47.1 Å². The molecule has 2 aromatic carbocycles. The highest BCUT2D eigenvalue weighted by Gasteiger charge is 2.36. The molecule has 1 aliphatic carbocycles. The number of aromatic nitrogens is 3. The molecular weight excluding hydrogens is 354 g/mol. The van der Waals surface area contributed by atoms with Crippen LogP contribution < -0.4 is 14.5 Å². The first-order valence-electron chi connectivity index (χ1n) is 9.49. The second-order valence-corrected chi connectivity index (χ2v) is 7.12. The fourth-order valence-electron chi connectivity index (χ4n) is 3.74. The molecule has 1 fully saturated rings. The molecule has 7 nitrogen and oxygen atoms in total. The highest BCUT2D eigenvalue weighted by atomic mass is 16.5. The third-order valence-electron chi connectivity index (χ3n) is 5.31. The third-order valence-corrected chi connectivity index (χ3v) is 5.31. The van der Waals surface area contributed by atoms with Crippen molar-refractivity contribution in [1.29, 1.82) is 0 Å². The first-order valence-corrected chi connectivity index (χ1v) is 9.49. The Kier molecular flexibility index (Phi) is 4.00. The van der Waals surface area contributed by atoms with Gasteiger partial charge in [0.2, 0.25) is 0 Å². The van der Waals surface area contributed by atoms with Crippen LogP contribution in [-0.2, 0) is 0 Å². The highest BCUT2D eigenvalue weighted by Crippen LogP contribution is 2.40. The number of hydrogen-bond donors (Lipinski definition) is 0. The fraction of sp³-hybridized carbons (Fsp3) is 0.286. The Hall–Kier alpha value is -3.35. The molecule has 5 rings (SSSR count). The maximum absolute atomic E-state index is 13.2. The van der Waals surface area contributed by atoms with Crippen LogP contribution in [0.15, 0.2) is 54.7 Å². The number of rotatable bonds is 4. The summed E-state index contributed by atoms with van der Waals surface area (Å²) in [5.74, 6) is 0.600. The molecule has 3 aromatic rings. The van der Waals surface area contributed by atoms with Crippen molar-refractivity contribution in [3.05, 3.63) is 60.4 Å². The van der Waals surface area contributed by atoms with Crippen molar-refractivity contribution in [2.45, 2.75) is 18.9 Å². The van der Waals surface area contributed by atoms with E-state index in [1.807, 2.05) is 47.4 Å². The van der Waals surface area contributed by atoms with Crippen molar-refractivity contribution in [2.75, 3.05) is 30.0 Å². The molecule has 2 heterocycles. The van der Waals surface area contributed by atoms with Gasteiger partial charge < -0.3 is 14.5 Å². The monoisotopic (exact) mass is 375 g/mol. The lowest BCUT2D eigenvalue weighted by molar-refractivity contribution is 0.0981. The topological polar surface area (TPSA) is 63.5 Å². The Bertz CT molecular complexity index is 1030. The molecule has 1 saturated carbocycles. The molecule has 0 spiro atoms. The minimum absolute atomic E-state index is 0.128. The number of fused-ring (bicyclic) bond motifs is 1. The van der Waals surface area contributed by atoms with Gasteiger partial charge in [-0.3, -0.25) is 4.79 Å². The minimum Gasteiger partial charge on any atom is -0.497 e. The molecule has 28 heavy (non-hydrogen) atoms. The summed E-state index contributed by atoms with van der Waals surface area (Å²) >= 11 is 0. The molecule has 1 amide bonds. The van der Waals surface area contributed by atoms with Gasteiger partial charge in [0.1, 0.15) is 5.75 Å².